The summed E-state index contributed by atoms with van der Waals surface area (Å²) in [4.78, 5) is 32.0. The van der Waals surface area contributed by atoms with Gasteiger partial charge in [-0.2, -0.15) is 5.10 Å². The van der Waals surface area contributed by atoms with Gasteiger partial charge in [-0.1, -0.05) is 11.6 Å². The van der Waals surface area contributed by atoms with Crippen LogP contribution in [0.25, 0.3) is 26.8 Å². The van der Waals surface area contributed by atoms with E-state index in [1.165, 1.54) is 11.2 Å². The maximum atomic E-state index is 12.5. The predicted octanol–water partition coefficient (Wildman–Crippen LogP) is 4.05. The van der Waals surface area contributed by atoms with Crippen LogP contribution >= 0.6 is 22.9 Å². The Morgan fingerprint density at radius 2 is 1.94 bits per heavy atom. The molecule has 8 nitrogen and oxygen atoms in total. The number of fused-ring (bicyclic) bond motifs is 3. The highest BCUT2D eigenvalue weighted by Crippen LogP contribution is 2.44. The van der Waals surface area contributed by atoms with Crippen molar-refractivity contribution in [1.29, 1.82) is 0 Å². The Bertz CT molecular complexity index is 1440. The summed E-state index contributed by atoms with van der Waals surface area (Å²) in [6.45, 7) is 0.478. The van der Waals surface area contributed by atoms with E-state index in [4.69, 9.17) is 22.1 Å². The number of nitrogens with zero attached hydrogens (tertiary/aromatic N) is 4. The number of nitrogens with two attached hydrogens (primary N) is 1. The van der Waals surface area contributed by atoms with E-state index in [-0.39, 0.29) is 5.91 Å². The van der Waals surface area contributed by atoms with Crippen molar-refractivity contribution in [3.8, 4) is 32.6 Å². The Morgan fingerprint density at radius 1 is 1.15 bits per heavy atom. The zero-order chi connectivity index (χ0) is 24.0. The van der Waals surface area contributed by atoms with Crippen LogP contribution in [-0.4, -0.2) is 52.2 Å². The van der Waals surface area contributed by atoms with Crippen LogP contribution in [0, 0.1) is 0 Å². The van der Waals surface area contributed by atoms with Crippen LogP contribution in [0.1, 0.15) is 26.3 Å². The van der Waals surface area contributed by atoms with Crippen LogP contribution in [0.15, 0.2) is 48.8 Å². The molecule has 0 atom stereocenters. The summed E-state index contributed by atoms with van der Waals surface area (Å²) in [6.07, 6.45) is 2.17. The summed E-state index contributed by atoms with van der Waals surface area (Å²) in [6, 6.07) is 12.4. The average Bonchev–Trinajstić information content (AvgIpc) is 3.42. The van der Waals surface area contributed by atoms with Crippen molar-refractivity contribution < 1.29 is 14.3 Å². The molecule has 0 saturated heterocycles. The first kappa shape index (κ1) is 22.1. The molecule has 2 N–H and O–H groups in total. The van der Waals surface area contributed by atoms with Gasteiger partial charge in [-0.3, -0.25) is 9.59 Å². The highest BCUT2D eigenvalue weighted by Gasteiger charge is 2.23. The van der Waals surface area contributed by atoms with Gasteiger partial charge in [0, 0.05) is 42.1 Å². The number of aromatic nitrogens is 3. The third-order valence-corrected chi connectivity index (χ3v) is 7.07. The van der Waals surface area contributed by atoms with E-state index < -0.39 is 5.91 Å². The maximum absolute atomic E-state index is 12.5. The Labute approximate surface area is 204 Å². The fourth-order valence-electron chi connectivity index (χ4n) is 3.86. The lowest BCUT2D eigenvalue weighted by molar-refractivity contribution is 0.0827. The van der Waals surface area contributed by atoms with E-state index >= 15 is 0 Å². The van der Waals surface area contributed by atoms with Gasteiger partial charge in [-0.25, -0.2) is 9.67 Å². The lowest BCUT2D eigenvalue weighted by Gasteiger charge is -2.13. The van der Waals surface area contributed by atoms with E-state index in [2.05, 4.69) is 16.1 Å². The molecule has 0 spiro atoms. The van der Waals surface area contributed by atoms with Crippen molar-refractivity contribution in [2.45, 2.75) is 6.42 Å². The van der Waals surface area contributed by atoms with E-state index in [1.54, 1.807) is 60.4 Å². The monoisotopic (exact) mass is 493 g/mol. The smallest absolute Gasteiger partial charge is 0.253 e. The number of ether oxygens (including phenoxy) is 1. The van der Waals surface area contributed by atoms with Crippen LogP contribution < -0.4 is 10.5 Å². The summed E-state index contributed by atoms with van der Waals surface area (Å²) in [7, 11) is 3.40. The molecule has 1 aliphatic rings. The van der Waals surface area contributed by atoms with Gasteiger partial charge in [0.2, 0.25) is 5.91 Å². The van der Waals surface area contributed by atoms with E-state index in [9.17, 15) is 9.59 Å². The lowest BCUT2D eigenvalue weighted by atomic mass is 10.1. The molecule has 0 saturated carbocycles. The average molecular weight is 494 g/mol. The van der Waals surface area contributed by atoms with Crippen LogP contribution in [0.2, 0.25) is 5.02 Å². The number of hydrogen-bond acceptors (Lipinski definition) is 6. The Hall–Kier alpha value is -3.69. The molecule has 2 aromatic heterocycles. The third kappa shape index (κ3) is 3.82. The fourth-order valence-corrected chi connectivity index (χ4v) is 5.28. The van der Waals surface area contributed by atoms with Gasteiger partial charge < -0.3 is 15.4 Å². The summed E-state index contributed by atoms with van der Waals surface area (Å²) in [5.41, 5.74) is 8.92. The minimum atomic E-state index is -0.498. The van der Waals surface area contributed by atoms with Crippen molar-refractivity contribution in [3.63, 3.8) is 0 Å². The second-order valence-electron chi connectivity index (χ2n) is 8.00. The number of rotatable bonds is 4. The minimum Gasteiger partial charge on any atom is -0.493 e. The zero-order valence-corrected chi connectivity index (χ0v) is 20.0. The van der Waals surface area contributed by atoms with Gasteiger partial charge in [0.25, 0.3) is 5.91 Å². The summed E-state index contributed by atoms with van der Waals surface area (Å²) < 4.78 is 7.53. The zero-order valence-electron chi connectivity index (χ0n) is 18.4. The molecular weight excluding hydrogens is 474 g/mol. The van der Waals surface area contributed by atoms with Crippen LogP contribution in [0.3, 0.4) is 0 Å². The van der Waals surface area contributed by atoms with Crippen molar-refractivity contribution in [1.82, 2.24) is 19.7 Å². The number of amides is 2. The molecule has 0 unspecified atom stereocenters. The molecular formula is C24H20ClN5O3S. The van der Waals surface area contributed by atoms with Crippen molar-refractivity contribution in [2.75, 3.05) is 20.7 Å². The van der Waals surface area contributed by atoms with E-state index in [1.807, 2.05) is 6.07 Å². The molecule has 0 aliphatic carbocycles. The van der Waals surface area contributed by atoms with Crippen molar-refractivity contribution in [2.24, 2.45) is 5.73 Å². The number of halogens is 1. The fraction of sp³-hybridized carbons (Fsp3) is 0.167. The SMILES string of the molecule is CN(C)C(=O)c1ccc(Cl)c(-n2ncnc2-c2cc3c(s2)-c2ccc(C(N)=O)cc2OCC3)c1. The highest BCUT2D eigenvalue weighted by atomic mass is 35.5. The topological polar surface area (TPSA) is 103 Å². The largest absolute Gasteiger partial charge is 0.493 e. The van der Waals surface area contributed by atoms with Gasteiger partial charge in [0.1, 0.15) is 12.1 Å². The van der Waals surface area contributed by atoms with E-state index in [0.29, 0.717) is 46.4 Å². The molecule has 2 amide bonds. The highest BCUT2D eigenvalue weighted by molar-refractivity contribution is 7.19. The Kier molecular flexibility index (Phi) is 5.59. The number of carbonyl (C=O) groups excluding carboxylic acids is 2. The molecule has 10 heteroatoms. The van der Waals surface area contributed by atoms with Gasteiger partial charge in [-0.15, -0.1) is 11.3 Å². The number of thiophene rings is 1. The molecule has 2 aromatic carbocycles. The molecule has 4 aromatic rings. The third-order valence-electron chi connectivity index (χ3n) is 5.54. The van der Waals surface area contributed by atoms with Crippen molar-refractivity contribution in [3.05, 3.63) is 70.5 Å². The molecule has 0 fully saturated rings. The number of hydrogen-bond donors (Lipinski definition) is 1. The van der Waals surface area contributed by atoms with Gasteiger partial charge >= 0.3 is 0 Å². The second-order valence-corrected chi connectivity index (χ2v) is 9.46. The molecule has 0 radical (unpaired) electrons. The van der Waals surface area contributed by atoms with Crippen LogP contribution in [0.5, 0.6) is 5.75 Å². The number of primary amides is 1. The van der Waals surface area contributed by atoms with Crippen molar-refractivity contribution >= 4 is 34.8 Å². The number of carbonyl (C=O) groups is 2. The molecule has 5 rings (SSSR count). The molecule has 34 heavy (non-hydrogen) atoms. The first-order valence-electron chi connectivity index (χ1n) is 10.4. The lowest BCUT2D eigenvalue weighted by Crippen LogP contribution is -2.21. The van der Waals surface area contributed by atoms with Gasteiger partial charge in [0.15, 0.2) is 5.82 Å². The normalized spacial score (nSPS) is 12.3. The minimum absolute atomic E-state index is 0.130. The molecule has 1 aliphatic heterocycles. The standard InChI is InChI=1S/C24H20ClN5O3S/c1-29(2)24(32)15-4-6-17(25)18(9-15)30-23(27-12-28-30)20-11-13-7-8-33-19-10-14(22(26)31)3-5-16(19)21(13)34-20/h3-6,9-12H,7-8H2,1-2H3,(H2,26,31). The molecule has 0 bridgehead atoms. The molecule has 3 heterocycles. The Morgan fingerprint density at radius 3 is 2.71 bits per heavy atom. The summed E-state index contributed by atoms with van der Waals surface area (Å²) in [5.74, 6) is 0.616. The first-order chi connectivity index (χ1) is 16.3. The van der Waals surface area contributed by atoms with E-state index in [0.717, 1.165) is 20.9 Å². The maximum Gasteiger partial charge on any atom is 0.253 e. The van der Waals surface area contributed by atoms with Gasteiger partial charge in [0.05, 0.1) is 22.2 Å². The quantitative estimate of drug-likeness (QED) is 0.462. The Balaban J connectivity index is 1.59. The summed E-state index contributed by atoms with van der Waals surface area (Å²) >= 11 is 8.05. The second kappa shape index (κ2) is 8.58. The first-order valence-corrected chi connectivity index (χ1v) is 11.6. The summed E-state index contributed by atoms with van der Waals surface area (Å²) in [5, 5.41) is 4.85. The van der Waals surface area contributed by atoms with Gasteiger partial charge in [-0.05, 0) is 48.0 Å². The van der Waals surface area contributed by atoms with Crippen LogP contribution in [-0.2, 0) is 6.42 Å². The predicted molar refractivity (Wildman–Crippen MR) is 131 cm³/mol. The van der Waals surface area contributed by atoms with Crippen LogP contribution in [0.4, 0.5) is 0 Å². The number of benzene rings is 2. The molecule has 172 valence electrons.